The predicted molar refractivity (Wildman–Crippen MR) is 113 cm³/mol. The second-order valence-electron chi connectivity index (χ2n) is 7.74. The van der Waals surface area contributed by atoms with Gasteiger partial charge < -0.3 is 5.32 Å². The van der Waals surface area contributed by atoms with Gasteiger partial charge in [-0.15, -0.1) is 11.3 Å². The molecule has 1 amide bonds. The molecule has 7 heteroatoms. The zero-order valence-electron chi connectivity index (χ0n) is 16.4. The molecule has 0 bridgehead atoms. The molecule has 0 saturated carbocycles. The van der Waals surface area contributed by atoms with E-state index in [1.165, 1.54) is 15.6 Å². The number of amides is 1. The number of nitrogens with zero attached hydrogens (tertiary/aromatic N) is 1. The summed E-state index contributed by atoms with van der Waals surface area (Å²) in [4.78, 5) is 13.0. The average Bonchev–Trinajstić information content (AvgIpc) is 3.23. The van der Waals surface area contributed by atoms with Gasteiger partial charge in [-0.25, -0.2) is 8.42 Å². The van der Waals surface area contributed by atoms with Crippen LogP contribution in [0.3, 0.4) is 0 Å². The topological polar surface area (TPSA) is 66.5 Å². The Bertz CT molecular complexity index is 864. The molecule has 0 unspecified atom stereocenters. The summed E-state index contributed by atoms with van der Waals surface area (Å²) < 4.78 is 27.4. The van der Waals surface area contributed by atoms with Crippen molar-refractivity contribution < 1.29 is 13.2 Å². The van der Waals surface area contributed by atoms with Gasteiger partial charge in [0.15, 0.2) is 0 Å². The van der Waals surface area contributed by atoms with Crippen molar-refractivity contribution >= 4 is 27.3 Å². The highest BCUT2D eigenvalue weighted by Crippen LogP contribution is 2.28. The Labute approximate surface area is 171 Å². The quantitative estimate of drug-likeness (QED) is 0.735. The molecule has 1 fully saturated rings. The number of carbonyl (C=O) groups is 1. The van der Waals surface area contributed by atoms with Crippen LogP contribution >= 0.6 is 11.3 Å². The molecule has 1 aliphatic rings. The summed E-state index contributed by atoms with van der Waals surface area (Å²) in [6, 6.07) is 13.3. The number of benzene rings is 1. The van der Waals surface area contributed by atoms with Crippen molar-refractivity contribution in [2.45, 2.75) is 43.4 Å². The van der Waals surface area contributed by atoms with Crippen molar-refractivity contribution in [1.82, 2.24) is 9.62 Å². The van der Waals surface area contributed by atoms with Gasteiger partial charge in [0.05, 0.1) is 12.0 Å². The zero-order chi connectivity index (χ0) is 20.1. The maximum Gasteiger partial charge on any atom is 0.252 e. The molecule has 1 N–H and O–H groups in total. The van der Waals surface area contributed by atoms with E-state index >= 15 is 0 Å². The summed E-state index contributed by atoms with van der Waals surface area (Å²) in [5, 5.41) is 4.94. The second-order valence-corrected chi connectivity index (χ2v) is 10.8. The molecule has 1 saturated heterocycles. The van der Waals surface area contributed by atoms with Crippen LogP contribution in [0.1, 0.15) is 44.7 Å². The van der Waals surface area contributed by atoms with Gasteiger partial charge in [-0.05, 0) is 42.2 Å². The lowest BCUT2D eigenvalue weighted by molar-refractivity contribution is -0.127. The normalized spacial score (nSPS) is 19.5. The zero-order valence-corrected chi connectivity index (χ0v) is 18.0. The van der Waals surface area contributed by atoms with E-state index in [2.05, 4.69) is 19.2 Å². The Hall–Kier alpha value is -1.70. The van der Waals surface area contributed by atoms with Crippen LogP contribution in [0, 0.1) is 11.8 Å². The molecule has 2 aromatic rings. The number of thiophene rings is 1. The van der Waals surface area contributed by atoms with E-state index in [0.29, 0.717) is 29.5 Å². The van der Waals surface area contributed by atoms with Crippen LogP contribution in [0.25, 0.3) is 0 Å². The fourth-order valence-corrected chi connectivity index (χ4v) is 6.31. The lowest BCUT2D eigenvalue weighted by Gasteiger charge is -2.32. The van der Waals surface area contributed by atoms with E-state index in [1.54, 1.807) is 17.5 Å². The number of piperidine rings is 1. The number of carbonyl (C=O) groups excluding carboxylic acids is 1. The van der Waals surface area contributed by atoms with Crippen LogP contribution in [0.2, 0.25) is 0 Å². The average molecular weight is 421 g/mol. The van der Waals surface area contributed by atoms with Gasteiger partial charge in [0.1, 0.15) is 4.21 Å². The molecule has 0 spiro atoms. The highest BCUT2D eigenvalue weighted by atomic mass is 32.2. The minimum Gasteiger partial charge on any atom is -0.349 e. The Morgan fingerprint density at radius 1 is 1.21 bits per heavy atom. The van der Waals surface area contributed by atoms with Crippen molar-refractivity contribution in [1.29, 1.82) is 0 Å². The van der Waals surface area contributed by atoms with Gasteiger partial charge >= 0.3 is 0 Å². The molecule has 2 heterocycles. The number of rotatable bonds is 7. The van der Waals surface area contributed by atoms with E-state index in [-0.39, 0.29) is 24.4 Å². The molecule has 3 rings (SSSR count). The van der Waals surface area contributed by atoms with E-state index in [1.807, 2.05) is 30.3 Å². The van der Waals surface area contributed by atoms with Crippen molar-refractivity contribution in [3.63, 3.8) is 0 Å². The molecule has 28 heavy (non-hydrogen) atoms. The summed E-state index contributed by atoms with van der Waals surface area (Å²) in [6.07, 6.45) is 2.26. The van der Waals surface area contributed by atoms with E-state index in [4.69, 9.17) is 0 Å². The molecule has 1 aromatic heterocycles. The van der Waals surface area contributed by atoms with Crippen LogP contribution in [-0.2, 0) is 14.8 Å². The summed E-state index contributed by atoms with van der Waals surface area (Å²) >= 11 is 1.22. The fraction of sp³-hybridized carbons (Fsp3) is 0.476. The first-order chi connectivity index (χ1) is 13.4. The number of hydrogen-bond donors (Lipinski definition) is 1. The first-order valence-corrected chi connectivity index (χ1v) is 12.1. The number of nitrogens with one attached hydrogen (secondary N) is 1. The van der Waals surface area contributed by atoms with Crippen LogP contribution in [-0.4, -0.2) is 31.7 Å². The maximum absolute atomic E-state index is 13.0. The molecule has 0 radical (unpaired) electrons. The van der Waals surface area contributed by atoms with Gasteiger partial charge in [-0.1, -0.05) is 50.2 Å². The lowest BCUT2D eigenvalue weighted by Crippen LogP contribution is -2.46. The van der Waals surface area contributed by atoms with E-state index in [9.17, 15) is 13.2 Å². The number of hydrogen-bond acceptors (Lipinski definition) is 4. The van der Waals surface area contributed by atoms with Crippen molar-refractivity contribution in [3.8, 4) is 0 Å². The third kappa shape index (κ3) is 5.01. The van der Waals surface area contributed by atoms with Crippen LogP contribution < -0.4 is 5.32 Å². The molecule has 1 aromatic carbocycles. The van der Waals surface area contributed by atoms with Crippen molar-refractivity contribution in [3.05, 3.63) is 53.4 Å². The standard InChI is InChI=1S/C21H28N2O3S2/c1-16(2)14-19(17-8-4-3-5-9-17)22-21(24)18-10-6-12-23(15-18)28(25,26)20-11-7-13-27-20/h3-5,7-9,11,13,16,18-19H,6,10,12,14-15H2,1-2H3,(H,22,24)/t18-,19+/m0/s1. The summed E-state index contributed by atoms with van der Waals surface area (Å²) in [7, 11) is -3.51. The number of sulfonamides is 1. The monoisotopic (exact) mass is 420 g/mol. The third-order valence-corrected chi connectivity index (χ3v) is 8.31. The highest BCUT2D eigenvalue weighted by molar-refractivity contribution is 7.91. The first kappa shape index (κ1) is 21.0. The molecular weight excluding hydrogens is 392 g/mol. The minimum atomic E-state index is -3.51. The largest absolute Gasteiger partial charge is 0.349 e. The molecule has 5 nitrogen and oxygen atoms in total. The Kier molecular flexibility index (Phi) is 6.91. The molecule has 2 atom stereocenters. The fourth-order valence-electron chi connectivity index (χ4n) is 3.64. The third-order valence-electron chi connectivity index (χ3n) is 5.07. The van der Waals surface area contributed by atoms with Gasteiger partial charge in [0.25, 0.3) is 10.0 Å². The highest BCUT2D eigenvalue weighted by Gasteiger charge is 2.34. The predicted octanol–water partition coefficient (Wildman–Crippen LogP) is 4.05. The van der Waals surface area contributed by atoms with Crippen molar-refractivity contribution in [2.75, 3.05) is 13.1 Å². The van der Waals surface area contributed by atoms with E-state index < -0.39 is 10.0 Å². The smallest absolute Gasteiger partial charge is 0.252 e. The lowest BCUT2D eigenvalue weighted by atomic mass is 9.94. The minimum absolute atomic E-state index is 0.0550. The van der Waals surface area contributed by atoms with Crippen LogP contribution in [0.4, 0.5) is 0 Å². The summed E-state index contributed by atoms with van der Waals surface area (Å²) in [5.41, 5.74) is 1.09. The van der Waals surface area contributed by atoms with E-state index in [0.717, 1.165) is 12.0 Å². The maximum atomic E-state index is 13.0. The van der Waals surface area contributed by atoms with Gasteiger partial charge in [-0.3, -0.25) is 4.79 Å². The van der Waals surface area contributed by atoms with Crippen molar-refractivity contribution in [2.24, 2.45) is 11.8 Å². The van der Waals surface area contributed by atoms with Crippen LogP contribution in [0.5, 0.6) is 0 Å². The van der Waals surface area contributed by atoms with Gasteiger partial charge in [0.2, 0.25) is 5.91 Å². The Morgan fingerprint density at radius 2 is 1.96 bits per heavy atom. The molecule has 0 aliphatic carbocycles. The first-order valence-electron chi connectivity index (χ1n) is 9.77. The van der Waals surface area contributed by atoms with Gasteiger partial charge in [-0.2, -0.15) is 4.31 Å². The summed E-state index contributed by atoms with van der Waals surface area (Å²) in [5.74, 6) is 0.0648. The van der Waals surface area contributed by atoms with Gasteiger partial charge in [0, 0.05) is 13.1 Å². The SMILES string of the molecule is CC(C)C[C@@H](NC(=O)[C@H]1CCCN(S(=O)(=O)c2cccs2)C1)c1ccccc1. The molecular formula is C21H28N2O3S2. The second kappa shape index (κ2) is 9.20. The molecule has 152 valence electrons. The Morgan fingerprint density at radius 3 is 2.61 bits per heavy atom. The van der Waals surface area contributed by atoms with Crippen LogP contribution in [0.15, 0.2) is 52.1 Å². The summed E-state index contributed by atoms with van der Waals surface area (Å²) in [6.45, 7) is 4.99. The Balaban J connectivity index is 1.70. The molecule has 1 aliphatic heterocycles.